The summed E-state index contributed by atoms with van der Waals surface area (Å²) < 4.78 is 0. The predicted octanol–water partition coefficient (Wildman–Crippen LogP) is 1.15. The first kappa shape index (κ1) is 14.4. The van der Waals surface area contributed by atoms with Gasteiger partial charge in [-0.2, -0.15) is 0 Å². The highest BCUT2D eigenvalue weighted by Gasteiger charge is 2.14. The van der Waals surface area contributed by atoms with Crippen molar-refractivity contribution in [2.24, 2.45) is 0 Å². The molecule has 0 aromatic rings. The Morgan fingerprint density at radius 3 is 2.25 bits per heavy atom. The molecule has 0 aromatic carbocycles. The minimum absolute atomic E-state index is 0.0265. The van der Waals surface area contributed by atoms with Crippen LogP contribution in [0.15, 0.2) is 24.3 Å². The highest BCUT2D eigenvalue weighted by molar-refractivity contribution is 5.97. The standard InChI is InChI=1S/C12H20N2O2/c1-6-9(7-2)11(16)13-8-10(15)14-12(3,4)5/h6-7H,1,8H2,2-5H3,(H,13,16)(H,14,15)/b9-7+. The van der Waals surface area contributed by atoms with Crippen molar-refractivity contribution in [3.05, 3.63) is 24.3 Å². The molecule has 0 radical (unpaired) electrons. The van der Waals surface area contributed by atoms with E-state index in [1.807, 2.05) is 20.8 Å². The quantitative estimate of drug-likeness (QED) is 0.556. The van der Waals surface area contributed by atoms with Gasteiger partial charge in [0.15, 0.2) is 0 Å². The first-order chi connectivity index (χ1) is 7.30. The maximum Gasteiger partial charge on any atom is 0.251 e. The lowest BCUT2D eigenvalue weighted by atomic mass is 10.1. The highest BCUT2D eigenvalue weighted by Crippen LogP contribution is 1.98. The summed E-state index contributed by atoms with van der Waals surface area (Å²) in [6.07, 6.45) is 3.10. The Balaban J connectivity index is 4.12. The Labute approximate surface area is 96.8 Å². The van der Waals surface area contributed by atoms with Crippen LogP contribution in [0, 0.1) is 0 Å². The molecule has 0 atom stereocenters. The number of nitrogens with one attached hydrogen (secondary N) is 2. The minimum Gasteiger partial charge on any atom is -0.350 e. The normalized spacial score (nSPS) is 11.9. The lowest BCUT2D eigenvalue weighted by Gasteiger charge is -2.20. The summed E-state index contributed by atoms with van der Waals surface area (Å²) in [5.41, 5.74) is 0.174. The molecule has 0 aliphatic heterocycles. The molecule has 0 bridgehead atoms. The molecule has 90 valence electrons. The highest BCUT2D eigenvalue weighted by atomic mass is 16.2. The molecule has 0 aliphatic carbocycles. The van der Waals surface area contributed by atoms with Crippen molar-refractivity contribution >= 4 is 11.8 Å². The largest absolute Gasteiger partial charge is 0.350 e. The topological polar surface area (TPSA) is 58.2 Å². The van der Waals surface area contributed by atoms with Crippen LogP contribution in [-0.2, 0) is 9.59 Å². The molecule has 2 amide bonds. The number of carbonyl (C=O) groups is 2. The third kappa shape index (κ3) is 6.01. The van der Waals surface area contributed by atoms with Gasteiger partial charge in [0.25, 0.3) is 5.91 Å². The van der Waals surface area contributed by atoms with Gasteiger partial charge >= 0.3 is 0 Å². The second kappa shape index (κ2) is 6.10. The zero-order valence-electron chi connectivity index (χ0n) is 10.4. The molecular formula is C12H20N2O2. The number of allylic oxidation sites excluding steroid dienone is 1. The van der Waals surface area contributed by atoms with Gasteiger partial charge in [-0.05, 0) is 27.7 Å². The average molecular weight is 224 g/mol. The van der Waals surface area contributed by atoms with Gasteiger partial charge in [-0.25, -0.2) is 0 Å². The maximum atomic E-state index is 11.4. The third-order valence-electron chi connectivity index (χ3n) is 1.72. The molecule has 0 saturated heterocycles. The van der Waals surface area contributed by atoms with Crippen LogP contribution in [0.25, 0.3) is 0 Å². The summed E-state index contributed by atoms with van der Waals surface area (Å²) >= 11 is 0. The number of rotatable bonds is 4. The molecule has 0 aliphatic rings. The molecule has 16 heavy (non-hydrogen) atoms. The Kier molecular flexibility index (Phi) is 5.50. The van der Waals surface area contributed by atoms with Crippen LogP contribution in [0.4, 0.5) is 0 Å². The Morgan fingerprint density at radius 1 is 1.31 bits per heavy atom. The monoisotopic (exact) mass is 224 g/mol. The fourth-order valence-electron chi connectivity index (χ4n) is 1.07. The molecule has 0 rings (SSSR count). The maximum absolute atomic E-state index is 11.4. The first-order valence-corrected chi connectivity index (χ1v) is 5.18. The van der Waals surface area contributed by atoms with Gasteiger partial charge in [0.1, 0.15) is 0 Å². The van der Waals surface area contributed by atoms with Crippen LogP contribution in [0.3, 0.4) is 0 Å². The zero-order chi connectivity index (χ0) is 12.8. The molecule has 0 unspecified atom stereocenters. The van der Waals surface area contributed by atoms with Crippen molar-refractivity contribution in [3.8, 4) is 0 Å². The predicted molar refractivity (Wildman–Crippen MR) is 64.9 cm³/mol. The van der Waals surface area contributed by atoms with Gasteiger partial charge in [-0.1, -0.05) is 18.7 Å². The Morgan fingerprint density at radius 2 is 1.88 bits per heavy atom. The van der Waals surface area contributed by atoms with Crippen LogP contribution >= 0.6 is 0 Å². The smallest absolute Gasteiger partial charge is 0.251 e. The Hall–Kier alpha value is -1.58. The lowest BCUT2D eigenvalue weighted by Crippen LogP contribution is -2.46. The molecular weight excluding hydrogens is 204 g/mol. The van der Waals surface area contributed by atoms with Gasteiger partial charge in [0.05, 0.1) is 6.54 Å². The van der Waals surface area contributed by atoms with Crippen molar-refractivity contribution in [3.63, 3.8) is 0 Å². The van der Waals surface area contributed by atoms with E-state index in [2.05, 4.69) is 17.2 Å². The van der Waals surface area contributed by atoms with E-state index in [0.717, 1.165) is 0 Å². The summed E-state index contributed by atoms with van der Waals surface area (Å²) in [7, 11) is 0. The minimum atomic E-state index is -0.290. The number of hydrogen-bond acceptors (Lipinski definition) is 2. The summed E-state index contributed by atoms with van der Waals surface area (Å²) in [4.78, 5) is 22.8. The van der Waals surface area contributed by atoms with Crippen LogP contribution in [0.1, 0.15) is 27.7 Å². The van der Waals surface area contributed by atoms with Crippen LogP contribution in [-0.4, -0.2) is 23.9 Å². The summed E-state index contributed by atoms with van der Waals surface area (Å²) in [5, 5.41) is 5.27. The van der Waals surface area contributed by atoms with E-state index in [1.54, 1.807) is 13.0 Å². The van der Waals surface area contributed by atoms with E-state index in [4.69, 9.17) is 0 Å². The molecule has 0 aromatic heterocycles. The second-order valence-electron chi connectivity index (χ2n) is 4.43. The summed E-state index contributed by atoms with van der Waals surface area (Å²) in [6, 6.07) is 0. The van der Waals surface area contributed by atoms with E-state index in [1.165, 1.54) is 6.08 Å². The molecule has 4 nitrogen and oxygen atoms in total. The molecule has 0 saturated carbocycles. The zero-order valence-corrected chi connectivity index (χ0v) is 10.4. The number of amides is 2. The fourth-order valence-corrected chi connectivity index (χ4v) is 1.07. The van der Waals surface area contributed by atoms with E-state index >= 15 is 0 Å². The van der Waals surface area contributed by atoms with Crippen LogP contribution in [0.2, 0.25) is 0 Å². The molecule has 2 N–H and O–H groups in total. The molecule has 0 fully saturated rings. The van der Waals surface area contributed by atoms with Crippen molar-refractivity contribution in [1.82, 2.24) is 10.6 Å². The summed E-state index contributed by atoms with van der Waals surface area (Å²) in [6.45, 7) is 10.9. The van der Waals surface area contributed by atoms with Crippen molar-refractivity contribution < 1.29 is 9.59 Å². The first-order valence-electron chi connectivity index (χ1n) is 5.18. The van der Waals surface area contributed by atoms with Gasteiger partial charge in [0, 0.05) is 11.1 Å². The van der Waals surface area contributed by atoms with Crippen molar-refractivity contribution in [2.75, 3.05) is 6.54 Å². The third-order valence-corrected chi connectivity index (χ3v) is 1.72. The van der Waals surface area contributed by atoms with Crippen LogP contribution in [0.5, 0.6) is 0 Å². The van der Waals surface area contributed by atoms with Crippen molar-refractivity contribution in [1.29, 1.82) is 0 Å². The molecule has 4 heteroatoms. The van der Waals surface area contributed by atoms with Gasteiger partial charge < -0.3 is 10.6 Å². The van der Waals surface area contributed by atoms with Gasteiger partial charge in [0.2, 0.25) is 5.91 Å². The average Bonchev–Trinajstić information content (AvgIpc) is 2.14. The fraction of sp³-hybridized carbons (Fsp3) is 0.500. The number of carbonyl (C=O) groups excluding carboxylic acids is 2. The van der Waals surface area contributed by atoms with Gasteiger partial charge in [-0.15, -0.1) is 0 Å². The lowest BCUT2D eigenvalue weighted by molar-refractivity contribution is -0.125. The number of hydrogen-bond donors (Lipinski definition) is 2. The van der Waals surface area contributed by atoms with Crippen molar-refractivity contribution in [2.45, 2.75) is 33.2 Å². The SMILES string of the molecule is C=C/C(=C\C)C(=O)NCC(=O)NC(C)(C)C. The second-order valence-corrected chi connectivity index (χ2v) is 4.43. The van der Waals surface area contributed by atoms with E-state index in [0.29, 0.717) is 5.57 Å². The summed E-state index contributed by atoms with van der Waals surface area (Å²) in [5.74, 6) is -0.498. The molecule has 0 spiro atoms. The molecule has 0 heterocycles. The van der Waals surface area contributed by atoms with Crippen LogP contribution < -0.4 is 10.6 Å². The van der Waals surface area contributed by atoms with E-state index in [-0.39, 0.29) is 23.9 Å². The Bertz CT molecular complexity index is 311. The van der Waals surface area contributed by atoms with E-state index < -0.39 is 0 Å². The van der Waals surface area contributed by atoms with E-state index in [9.17, 15) is 9.59 Å². The van der Waals surface area contributed by atoms with Gasteiger partial charge in [-0.3, -0.25) is 9.59 Å².